The lowest BCUT2D eigenvalue weighted by Crippen LogP contribution is -1.95. The van der Waals surface area contributed by atoms with Crippen LogP contribution in [0.25, 0.3) is 0 Å². The average Bonchev–Trinajstić information content (AvgIpc) is 2.19. The van der Waals surface area contributed by atoms with Crippen LogP contribution in [-0.4, -0.2) is 6.61 Å². The molecule has 68 valence electrons. The molecule has 0 atom stereocenters. The quantitative estimate of drug-likeness (QED) is 0.503. The van der Waals surface area contributed by atoms with E-state index in [1.165, 1.54) is 0 Å². The molecule has 0 radical (unpaired) electrons. The maximum absolute atomic E-state index is 5.48. The Hall–Kier alpha value is -1.42. The Morgan fingerprint density at radius 2 is 2.00 bits per heavy atom. The molecule has 0 heterocycles. The third-order valence-electron chi connectivity index (χ3n) is 1.63. The van der Waals surface area contributed by atoms with Crippen molar-refractivity contribution >= 4 is 0 Å². The second-order valence-electron chi connectivity index (χ2n) is 2.69. The van der Waals surface area contributed by atoms with Crippen molar-refractivity contribution in [3.8, 4) is 17.6 Å². The molecule has 0 bridgehead atoms. The molecular weight excluding hydrogens is 160 g/mol. The average molecular weight is 174 g/mol. The summed E-state index contributed by atoms with van der Waals surface area (Å²) in [6.07, 6.45) is 1.92. The maximum atomic E-state index is 5.48. The first kappa shape index (κ1) is 9.67. The van der Waals surface area contributed by atoms with Crippen molar-refractivity contribution in [1.82, 2.24) is 0 Å². The molecular formula is C12H14O. The summed E-state index contributed by atoms with van der Waals surface area (Å²) in [7, 11) is 0. The summed E-state index contributed by atoms with van der Waals surface area (Å²) in [4.78, 5) is 0. The zero-order chi connectivity index (χ0) is 9.36. The Morgan fingerprint density at radius 3 is 2.69 bits per heavy atom. The second kappa shape index (κ2) is 6.14. The molecule has 0 N–H and O–H groups in total. The van der Waals surface area contributed by atoms with Crippen molar-refractivity contribution in [3.63, 3.8) is 0 Å². The van der Waals surface area contributed by atoms with E-state index in [4.69, 9.17) is 4.74 Å². The van der Waals surface area contributed by atoms with Gasteiger partial charge >= 0.3 is 0 Å². The van der Waals surface area contributed by atoms with Gasteiger partial charge in [0.15, 0.2) is 0 Å². The second-order valence-corrected chi connectivity index (χ2v) is 2.69. The SMILES string of the molecule is CC#CCCCOc1ccccc1. The molecule has 0 saturated heterocycles. The molecule has 13 heavy (non-hydrogen) atoms. The number of hydrogen-bond acceptors (Lipinski definition) is 1. The van der Waals surface area contributed by atoms with Crippen molar-refractivity contribution in [2.24, 2.45) is 0 Å². The number of hydrogen-bond donors (Lipinski definition) is 0. The fourth-order valence-electron chi connectivity index (χ4n) is 0.992. The van der Waals surface area contributed by atoms with Gasteiger partial charge in [-0.15, -0.1) is 11.8 Å². The van der Waals surface area contributed by atoms with Gasteiger partial charge < -0.3 is 4.74 Å². The van der Waals surface area contributed by atoms with Crippen LogP contribution in [0.4, 0.5) is 0 Å². The Morgan fingerprint density at radius 1 is 1.23 bits per heavy atom. The van der Waals surface area contributed by atoms with Crippen LogP contribution >= 0.6 is 0 Å². The van der Waals surface area contributed by atoms with Crippen LogP contribution in [0.15, 0.2) is 30.3 Å². The van der Waals surface area contributed by atoms with E-state index in [-0.39, 0.29) is 0 Å². The van der Waals surface area contributed by atoms with Gasteiger partial charge in [-0.25, -0.2) is 0 Å². The largest absolute Gasteiger partial charge is 0.494 e. The van der Waals surface area contributed by atoms with Gasteiger partial charge in [-0.05, 0) is 25.5 Å². The predicted molar refractivity (Wildman–Crippen MR) is 54.6 cm³/mol. The molecule has 0 fully saturated rings. The lowest BCUT2D eigenvalue weighted by Gasteiger charge is -2.03. The van der Waals surface area contributed by atoms with Crippen LogP contribution in [0.2, 0.25) is 0 Å². The topological polar surface area (TPSA) is 9.23 Å². The summed E-state index contributed by atoms with van der Waals surface area (Å²) in [6, 6.07) is 9.86. The summed E-state index contributed by atoms with van der Waals surface area (Å²) < 4.78 is 5.48. The van der Waals surface area contributed by atoms with E-state index in [0.29, 0.717) is 0 Å². The highest BCUT2D eigenvalue weighted by molar-refractivity contribution is 5.20. The van der Waals surface area contributed by atoms with Crippen LogP contribution in [0.5, 0.6) is 5.75 Å². The standard InChI is InChI=1S/C12H14O/c1-2-3-4-8-11-13-12-9-6-5-7-10-12/h5-7,9-10H,4,8,11H2,1H3. The first-order valence-corrected chi connectivity index (χ1v) is 4.51. The van der Waals surface area contributed by atoms with E-state index in [9.17, 15) is 0 Å². The van der Waals surface area contributed by atoms with Gasteiger partial charge in [0.2, 0.25) is 0 Å². The molecule has 1 nitrogen and oxygen atoms in total. The molecule has 0 aliphatic carbocycles. The number of benzene rings is 1. The minimum absolute atomic E-state index is 0.749. The molecule has 0 aromatic heterocycles. The molecule has 1 heteroatoms. The first-order chi connectivity index (χ1) is 6.43. The Balaban J connectivity index is 2.16. The van der Waals surface area contributed by atoms with E-state index in [0.717, 1.165) is 25.2 Å². The summed E-state index contributed by atoms with van der Waals surface area (Å²) >= 11 is 0. The van der Waals surface area contributed by atoms with Gasteiger partial charge in [0, 0.05) is 6.42 Å². The third-order valence-corrected chi connectivity index (χ3v) is 1.63. The lowest BCUT2D eigenvalue weighted by atomic mass is 10.3. The van der Waals surface area contributed by atoms with Crippen molar-refractivity contribution in [2.75, 3.05) is 6.61 Å². The Labute approximate surface area is 79.7 Å². The number of ether oxygens (including phenoxy) is 1. The summed E-state index contributed by atoms with van der Waals surface area (Å²) in [6.45, 7) is 2.61. The molecule has 1 aromatic carbocycles. The smallest absolute Gasteiger partial charge is 0.119 e. The highest BCUT2D eigenvalue weighted by Gasteiger charge is 1.89. The Kier molecular flexibility index (Phi) is 4.56. The molecule has 0 aliphatic heterocycles. The van der Waals surface area contributed by atoms with Crippen LogP contribution < -0.4 is 4.74 Å². The van der Waals surface area contributed by atoms with Gasteiger partial charge in [0.25, 0.3) is 0 Å². The zero-order valence-corrected chi connectivity index (χ0v) is 7.92. The van der Waals surface area contributed by atoms with E-state index < -0.39 is 0 Å². The van der Waals surface area contributed by atoms with E-state index in [1.54, 1.807) is 0 Å². The molecule has 0 amide bonds. The number of unbranched alkanes of at least 4 members (excludes halogenated alkanes) is 1. The normalized spacial score (nSPS) is 8.69. The molecule has 0 unspecified atom stereocenters. The van der Waals surface area contributed by atoms with Gasteiger partial charge in [-0.3, -0.25) is 0 Å². The van der Waals surface area contributed by atoms with Gasteiger partial charge in [-0.2, -0.15) is 0 Å². The molecule has 0 spiro atoms. The minimum atomic E-state index is 0.749. The van der Waals surface area contributed by atoms with Gasteiger partial charge in [0.05, 0.1) is 6.61 Å². The van der Waals surface area contributed by atoms with E-state index in [2.05, 4.69) is 11.8 Å². The zero-order valence-electron chi connectivity index (χ0n) is 7.92. The molecule has 1 rings (SSSR count). The van der Waals surface area contributed by atoms with Crippen LogP contribution in [-0.2, 0) is 0 Å². The predicted octanol–water partition coefficient (Wildman–Crippen LogP) is 2.87. The third kappa shape index (κ3) is 4.22. The van der Waals surface area contributed by atoms with Crippen LogP contribution in [0.1, 0.15) is 19.8 Å². The molecule has 0 saturated carbocycles. The highest BCUT2D eigenvalue weighted by Crippen LogP contribution is 2.08. The highest BCUT2D eigenvalue weighted by atomic mass is 16.5. The fourth-order valence-corrected chi connectivity index (χ4v) is 0.992. The van der Waals surface area contributed by atoms with Gasteiger partial charge in [-0.1, -0.05) is 18.2 Å². The monoisotopic (exact) mass is 174 g/mol. The molecule has 0 aliphatic rings. The maximum Gasteiger partial charge on any atom is 0.119 e. The lowest BCUT2D eigenvalue weighted by molar-refractivity contribution is 0.313. The summed E-state index contributed by atoms with van der Waals surface area (Å²) in [5.41, 5.74) is 0. The minimum Gasteiger partial charge on any atom is -0.494 e. The summed E-state index contributed by atoms with van der Waals surface area (Å²) in [5.74, 6) is 6.80. The number of rotatable bonds is 4. The van der Waals surface area contributed by atoms with E-state index in [1.807, 2.05) is 37.3 Å². The van der Waals surface area contributed by atoms with Crippen molar-refractivity contribution in [1.29, 1.82) is 0 Å². The van der Waals surface area contributed by atoms with Crippen LogP contribution in [0, 0.1) is 11.8 Å². The van der Waals surface area contributed by atoms with Gasteiger partial charge in [0.1, 0.15) is 5.75 Å². The van der Waals surface area contributed by atoms with Crippen molar-refractivity contribution < 1.29 is 4.74 Å². The Bertz CT molecular complexity index is 279. The van der Waals surface area contributed by atoms with Crippen molar-refractivity contribution in [3.05, 3.63) is 30.3 Å². The van der Waals surface area contributed by atoms with E-state index >= 15 is 0 Å². The fraction of sp³-hybridized carbons (Fsp3) is 0.333. The number of para-hydroxylation sites is 1. The summed E-state index contributed by atoms with van der Waals surface area (Å²) in [5, 5.41) is 0. The first-order valence-electron chi connectivity index (χ1n) is 4.51. The molecule has 1 aromatic rings. The van der Waals surface area contributed by atoms with Crippen molar-refractivity contribution in [2.45, 2.75) is 19.8 Å². The van der Waals surface area contributed by atoms with Crippen LogP contribution in [0.3, 0.4) is 0 Å².